The predicted octanol–water partition coefficient (Wildman–Crippen LogP) is 1.85. The van der Waals surface area contributed by atoms with Gasteiger partial charge in [0.25, 0.3) is 0 Å². The van der Waals surface area contributed by atoms with Gasteiger partial charge in [-0.1, -0.05) is 6.92 Å². The van der Waals surface area contributed by atoms with E-state index >= 15 is 0 Å². The lowest BCUT2D eigenvalue weighted by Crippen LogP contribution is -2.48. The van der Waals surface area contributed by atoms with E-state index in [-0.39, 0.29) is 6.04 Å². The highest BCUT2D eigenvalue weighted by atomic mass is 32.2. The first-order valence-corrected chi connectivity index (χ1v) is 8.89. The number of hydrogen-bond acceptors (Lipinski definition) is 4. The van der Waals surface area contributed by atoms with Crippen LogP contribution in [0.2, 0.25) is 0 Å². The lowest BCUT2D eigenvalue weighted by atomic mass is 10.1. The molecule has 0 amide bonds. The minimum Gasteiger partial charge on any atom is -0.497 e. The highest BCUT2D eigenvalue weighted by Gasteiger charge is 2.29. The smallest absolute Gasteiger partial charge is 0.243 e. The van der Waals surface area contributed by atoms with Gasteiger partial charge in [-0.2, -0.15) is 4.31 Å². The normalized spacial score (nSPS) is 20.4. The Morgan fingerprint density at radius 2 is 2.05 bits per heavy atom. The zero-order valence-corrected chi connectivity index (χ0v) is 13.5. The van der Waals surface area contributed by atoms with E-state index in [9.17, 15) is 8.42 Å². The minimum absolute atomic E-state index is 0.256. The largest absolute Gasteiger partial charge is 0.497 e. The Hall–Kier alpha value is -1.11. The molecule has 1 aromatic carbocycles. The molecule has 1 aliphatic rings. The van der Waals surface area contributed by atoms with Crippen molar-refractivity contribution in [1.29, 1.82) is 0 Å². The Kier molecular flexibility index (Phi) is 5.61. The zero-order chi connectivity index (χ0) is 15.3. The Morgan fingerprint density at radius 1 is 1.33 bits per heavy atom. The van der Waals surface area contributed by atoms with Gasteiger partial charge in [-0.05, 0) is 50.1 Å². The summed E-state index contributed by atoms with van der Waals surface area (Å²) in [5.41, 5.74) is 0. The summed E-state index contributed by atoms with van der Waals surface area (Å²) in [6.07, 6.45) is 2.99. The molecule has 1 unspecified atom stereocenters. The number of nitrogens with one attached hydrogen (secondary N) is 1. The van der Waals surface area contributed by atoms with Gasteiger partial charge in [-0.15, -0.1) is 0 Å². The van der Waals surface area contributed by atoms with Crippen LogP contribution in [-0.2, 0) is 10.0 Å². The summed E-state index contributed by atoms with van der Waals surface area (Å²) >= 11 is 0. The molecular weight excluding hydrogens is 288 g/mol. The second-order valence-electron chi connectivity index (χ2n) is 5.33. The van der Waals surface area contributed by atoms with Gasteiger partial charge in [-0.3, -0.25) is 0 Å². The van der Waals surface area contributed by atoms with Gasteiger partial charge in [-0.25, -0.2) is 8.42 Å². The molecule has 118 valence electrons. The van der Waals surface area contributed by atoms with Crippen LogP contribution in [0, 0.1) is 0 Å². The maximum absolute atomic E-state index is 12.7. The quantitative estimate of drug-likeness (QED) is 0.871. The molecule has 6 heteroatoms. The average molecular weight is 312 g/mol. The first-order valence-electron chi connectivity index (χ1n) is 7.45. The molecule has 2 rings (SSSR count). The Bertz CT molecular complexity index is 543. The van der Waals surface area contributed by atoms with Crippen LogP contribution in [0.5, 0.6) is 5.75 Å². The second-order valence-corrected chi connectivity index (χ2v) is 7.27. The third kappa shape index (κ3) is 3.96. The molecule has 0 radical (unpaired) electrons. The molecule has 0 aliphatic carbocycles. The maximum Gasteiger partial charge on any atom is 0.243 e. The summed E-state index contributed by atoms with van der Waals surface area (Å²) in [6, 6.07) is 6.84. The SMILES string of the molecule is CCCNC1CCCN(S(=O)(=O)c2ccc(OC)cc2)C1. The minimum atomic E-state index is -3.41. The van der Waals surface area contributed by atoms with Gasteiger partial charge in [0.1, 0.15) is 5.75 Å². The van der Waals surface area contributed by atoms with Crippen LogP contribution in [-0.4, -0.2) is 45.5 Å². The zero-order valence-electron chi connectivity index (χ0n) is 12.7. The molecule has 0 spiro atoms. The summed E-state index contributed by atoms with van der Waals surface area (Å²) in [5.74, 6) is 0.662. The molecule has 1 atom stereocenters. The van der Waals surface area contributed by atoms with Crippen molar-refractivity contribution in [3.8, 4) is 5.75 Å². The predicted molar refractivity (Wildman–Crippen MR) is 83.1 cm³/mol. The summed E-state index contributed by atoms with van der Waals surface area (Å²) in [4.78, 5) is 0.333. The third-order valence-corrected chi connectivity index (χ3v) is 5.64. The summed E-state index contributed by atoms with van der Waals surface area (Å²) in [7, 11) is -1.84. The van der Waals surface area contributed by atoms with Crippen molar-refractivity contribution in [2.45, 2.75) is 37.1 Å². The number of nitrogens with zero attached hydrogens (tertiary/aromatic N) is 1. The van der Waals surface area contributed by atoms with Crippen molar-refractivity contribution in [1.82, 2.24) is 9.62 Å². The van der Waals surface area contributed by atoms with Crippen molar-refractivity contribution in [3.05, 3.63) is 24.3 Å². The van der Waals surface area contributed by atoms with Gasteiger partial charge in [0.05, 0.1) is 12.0 Å². The fourth-order valence-corrected chi connectivity index (χ4v) is 4.10. The molecular formula is C15H24N2O3S. The van der Waals surface area contributed by atoms with Crippen LogP contribution in [0.15, 0.2) is 29.2 Å². The maximum atomic E-state index is 12.7. The number of ether oxygens (including phenoxy) is 1. The number of rotatable bonds is 6. The molecule has 21 heavy (non-hydrogen) atoms. The van der Waals surface area contributed by atoms with Gasteiger partial charge in [0, 0.05) is 19.1 Å². The summed E-state index contributed by atoms with van der Waals surface area (Å²) in [5, 5.41) is 3.42. The molecule has 1 fully saturated rings. The van der Waals surface area contributed by atoms with Crippen LogP contribution >= 0.6 is 0 Å². The third-order valence-electron chi connectivity index (χ3n) is 3.76. The lowest BCUT2D eigenvalue weighted by Gasteiger charge is -2.32. The van der Waals surface area contributed by atoms with E-state index in [2.05, 4.69) is 12.2 Å². The van der Waals surface area contributed by atoms with Crippen molar-refractivity contribution in [2.24, 2.45) is 0 Å². The first kappa shape index (κ1) is 16.3. The molecule has 0 aromatic heterocycles. The molecule has 1 N–H and O–H groups in total. The highest BCUT2D eigenvalue weighted by Crippen LogP contribution is 2.22. The van der Waals surface area contributed by atoms with Crippen LogP contribution in [0.3, 0.4) is 0 Å². The van der Waals surface area contributed by atoms with Gasteiger partial charge in [0.2, 0.25) is 10.0 Å². The van der Waals surface area contributed by atoms with Gasteiger partial charge in [0.15, 0.2) is 0 Å². The number of piperidine rings is 1. The van der Waals surface area contributed by atoms with E-state index in [1.165, 1.54) is 0 Å². The van der Waals surface area contributed by atoms with Gasteiger partial charge >= 0.3 is 0 Å². The molecule has 0 bridgehead atoms. The molecule has 1 aromatic rings. The average Bonchev–Trinajstić information content (AvgIpc) is 2.53. The summed E-state index contributed by atoms with van der Waals surface area (Å²) < 4.78 is 32.0. The monoisotopic (exact) mass is 312 g/mol. The van der Waals surface area contributed by atoms with Crippen LogP contribution in [0.25, 0.3) is 0 Å². The van der Waals surface area contributed by atoms with E-state index in [0.29, 0.717) is 23.7 Å². The number of methoxy groups -OCH3 is 1. The Morgan fingerprint density at radius 3 is 2.67 bits per heavy atom. The van der Waals surface area contributed by atoms with Crippen molar-refractivity contribution < 1.29 is 13.2 Å². The molecule has 1 heterocycles. The van der Waals surface area contributed by atoms with Crippen LogP contribution in [0.1, 0.15) is 26.2 Å². The van der Waals surface area contributed by atoms with Crippen molar-refractivity contribution in [2.75, 3.05) is 26.7 Å². The van der Waals surface area contributed by atoms with E-state index in [1.54, 1.807) is 35.7 Å². The molecule has 1 aliphatic heterocycles. The topological polar surface area (TPSA) is 58.6 Å². The molecule has 0 saturated carbocycles. The van der Waals surface area contributed by atoms with E-state index in [1.807, 2.05) is 0 Å². The number of benzene rings is 1. The van der Waals surface area contributed by atoms with Crippen LogP contribution < -0.4 is 10.1 Å². The van der Waals surface area contributed by atoms with Crippen molar-refractivity contribution in [3.63, 3.8) is 0 Å². The van der Waals surface area contributed by atoms with Crippen LogP contribution in [0.4, 0.5) is 0 Å². The van der Waals surface area contributed by atoms with E-state index in [4.69, 9.17) is 4.74 Å². The fraction of sp³-hybridized carbons (Fsp3) is 0.600. The first-order chi connectivity index (χ1) is 10.1. The van der Waals surface area contributed by atoms with E-state index in [0.717, 1.165) is 25.8 Å². The highest BCUT2D eigenvalue weighted by molar-refractivity contribution is 7.89. The molecule has 1 saturated heterocycles. The van der Waals surface area contributed by atoms with Gasteiger partial charge < -0.3 is 10.1 Å². The van der Waals surface area contributed by atoms with Crippen molar-refractivity contribution >= 4 is 10.0 Å². The Balaban J connectivity index is 2.10. The fourth-order valence-electron chi connectivity index (χ4n) is 2.57. The second kappa shape index (κ2) is 7.24. The summed E-state index contributed by atoms with van der Waals surface area (Å²) in [6.45, 7) is 4.19. The standard InChI is InChI=1S/C15H24N2O3S/c1-3-10-16-13-5-4-11-17(12-13)21(18,19)15-8-6-14(20-2)7-9-15/h6-9,13,16H,3-5,10-12H2,1-2H3. The number of sulfonamides is 1. The molecule has 5 nitrogen and oxygen atoms in total. The number of hydrogen-bond donors (Lipinski definition) is 1. The lowest BCUT2D eigenvalue weighted by molar-refractivity contribution is 0.284. The Labute approximate surface area is 127 Å². The van der Waals surface area contributed by atoms with E-state index < -0.39 is 10.0 Å².